The van der Waals surface area contributed by atoms with Crippen LogP contribution >= 0.6 is 0 Å². The van der Waals surface area contributed by atoms with E-state index in [9.17, 15) is 0 Å². The number of fused-ring (bicyclic) bond motifs is 1. The molecule has 106 valence electrons. The van der Waals surface area contributed by atoms with E-state index in [-0.39, 0.29) is 12.7 Å². The third kappa shape index (κ3) is 3.18. The van der Waals surface area contributed by atoms with Gasteiger partial charge < -0.3 is 14.6 Å². The van der Waals surface area contributed by atoms with Crippen molar-refractivity contribution in [2.24, 2.45) is 0 Å². The van der Waals surface area contributed by atoms with Crippen molar-refractivity contribution in [3.05, 3.63) is 59.7 Å². The number of ether oxygens (including phenoxy) is 2. The minimum absolute atomic E-state index is 0.0289. The summed E-state index contributed by atoms with van der Waals surface area (Å²) >= 11 is 0. The number of hydrogen-bond acceptors (Lipinski definition) is 3. The van der Waals surface area contributed by atoms with E-state index in [1.807, 2.05) is 42.5 Å². The zero-order valence-corrected chi connectivity index (χ0v) is 11.6. The van der Waals surface area contributed by atoms with Gasteiger partial charge in [0.2, 0.25) is 0 Å². The largest absolute Gasteiger partial charge is 0.488 e. The lowest BCUT2D eigenvalue weighted by Gasteiger charge is -2.13. The van der Waals surface area contributed by atoms with E-state index in [2.05, 4.69) is 17.9 Å². The van der Waals surface area contributed by atoms with Crippen molar-refractivity contribution >= 4 is 0 Å². The molecule has 3 rings (SSSR count). The summed E-state index contributed by atoms with van der Waals surface area (Å²) in [7, 11) is 0. The topological polar surface area (TPSA) is 38.7 Å². The molecular weight excluding hydrogens is 264 g/mol. The Bertz CT molecular complexity index is 657. The SMILES string of the molecule is OCC#Cc1ccccc1OCC1Cc2ccccc2O1. The fourth-order valence-electron chi connectivity index (χ4n) is 2.36. The third-order valence-electron chi connectivity index (χ3n) is 3.33. The molecule has 2 aromatic rings. The van der Waals surface area contributed by atoms with E-state index >= 15 is 0 Å². The fourth-order valence-corrected chi connectivity index (χ4v) is 2.36. The van der Waals surface area contributed by atoms with Crippen LogP contribution in [0.2, 0.25) is 0 Å². The predicted molar refractivity (Wildman–Crippen MR) is 80.5 cm³/mol. The zero-order valence-electron chi connectivity index (χ0n) is 11.6. The first-order valence-electron chi connectivity index (χ1n) is 6.93. The lowest BCUT2D eigenvalue weighted by Crippen LogP contribution is -2.22. The molecule has 21 heavy (non-hydrogen) atoms. The predicted octanol–water partition coefficient (Wildman–Crippen LogP) is 2.41. The smallest absolute Gasteiger partial charge is 0.137 e. The average Bonchev–Trinajstić information content (AvgIpc) is 2.94. The lowest BCUT2D eigenvalue weighted by atomic mass is 10.1. The van der Waals surface area contributed by atoms with Gasteiger partial charge in [-0.2, -0.15) is 0 Å². The van der Waals surface area contributed by atoms with Crippen LogP contribution in [0.1, 0.15) is 11.1 Å². The van der Waals surface area contributed by atoms with Crippen LogP contribution in [0.3, 0.4) is 0 Å². The molecule has 0 saturated carbocycles. The molecule has 0 amide bonds. The van der Waals surface area contributed by atoms with Crippen molar-refractivity contribution in [2.75, 3.05) is 13.2 Å². The molecule has 0 aromatic heterocycles. The maximum atomic E-state index is 8.79. The molecule has 0 aliphatic carbocycles. The van der Waals surface area contributed by atoms with Gasteiger partial charge in [0.15, 0.2) is 0 Å². The molecular formula is C18H16O3. The van der Waals surface area contributed by atoms with Crippen LogP contribution in [0.15, 0.2) is 48.5 Å². The van der Waals surface area contributed by atoms with Crippen LogP contribution in [0.5, 0.6) is 11.5 Å². The van der Waals surface area contributed by atoms with Crippen molar-refractivity contribution in [3.8, 4) is 23.3 Å². The van der Waals surface area contributed by atoms with Crippen molar-refractivity contribution in [1.82, 2.24) is 0 Å². The second-order valence-electron chi connectivity index (χ2n) is 4.82. The standard InChI is InChI=1S/C18H16O3/c19-11-5-8-14-6-1-3-9-17(14)20-13-16-12-15-7-2-4-10-18(15)21-16/h1-4,6-7,9-10,16,19H,11-13H2. The minimum atomic E-state index is -0.157. The lowest BCUT2D eigenvalue weighted by molar-refractivity contribution is 0.148. The Balaban J connectivity index is 1.64. The summed E-state index contributed by atoms with van der Waals surface area (Å²) in [6.45, 7) is 0.321. The van der Waals surface area contributed by atoms with Crippen LogP contribution in [0, 0.1) is 11.8 Å². The van der Waals surface area contributed by atoms with Gasteiger partial charge in [-0.15, -0.1) is 0 Å². The quantitative estimate of drug-likeness (QED) is 0.878. The summed E-state index contributed by atoms with van der Waals surface area (Å²) < 4.78 is 11.7. The van der Waals surface area contributed by atoms with Gasteiger partial charge in [0.1, 0.15) is 30.8 Å². The van der Waals surface area contributed by atoms with E-state index in [4.69, 9.17) is 14.6 Å². The third-order valence-corrected chi connectivity index (χ3v) is 3.33. The Kier molecular flexibility index (Phi) is 4.09. The van der Waals surface area contributed by atoms with Crippen LogP contribution < -0.4 is 9.47 Å². The monoisotopic (exact) mass is 280 g/mol. The maximum absolute atomic E-state index is 8.79. The van der Waals surface area contributed by atoms with Gasteiger partial charge in [-0.3, -0.25) is 0 Å². The second-order valence-corrected chi connectivity index (χ2v) is 4.82. The first-order valence-corrected chi connectivity index (χ1v) is 6.93. The number of aliphatic hydroxyl groups is 1. The van der Waals surface area contributed by atoms with Gasteiger partial charge in [-0.25, -0.2) is 0 Å². The molecule has 3 nitrogen and oxygen atoms in total. The molecule has 0 saturated heterocycles. The Labute approximate surface area is 124 Å². The molecule has 0 bridgehead atoms. The molecule has 0 radical (unpaired) electrons. The van der Waals surface area contributed by atoms with Crippen LogP contribution in [0.4, 0.5) is 0 Å². The van der Waals surface area contributed by atoms with E-state index in [0.717, 1.165) is 23.5 Å². The molecule has 1 aliphatic rings. The summed E-state index contributed by atoms with van der Waals surface area (Å²) in [5.41, 5.74) is 2.00. The van der Waals surface area contributed by atoms with Gasteiger partial charge in [0.25, 0.3) is 0 Å². The Hall–Kier alpha value is -2.44. The van der Waals surface area contributed by atoms with Crippen LogP contribution in [0.25, 0.3) is 0 Å². The molecule has 0 spiro atoms. The minimum Gasteiger partial charge on any atom is -0.488 e. The highest BCUT2D eigenvalue weighted by Crippen LogP contribution is 2.28. The number of rotatable bonds is 3. The van der Waals surface area contributed by atoms with Gasteiger partial charge in [0.05, 0.1) is 5.56 Å². The van der Waals surface area contributed by atoms with Crippen LogP contribution in [-0.4, -0.2) is 24.4 Å². The van der Waals surface area contributed by atoms with Gasteiger partial charge >= 0.3 is 0 Å². The molecule has 0 fully saturated rings. The first-order chi connectivity index (χ1) is 10.4. The molecule has 1 unspecified atom stereocenters. The fraction of sp³-hybridized carbons (Fsp3) is 0.222. The average molecular weight is 280 g/mol. The van der Waals surface area contributed by atoms with Crippen molar-refractivity contribution in [1.29, 1.82) is 0 Å². The number of hydrogen-bond donors (Lipinski definition) is 1. The van der Waals surface area contributed by atoms with E-state index < -0.39 is 0 Å². The van der Waals surface area contributed by atoms with Gasteiger partial charge in [0, 0.05) is 6.42 Å². The second kappa shape index (κ2) is 6.34. The van der Waals surface area contributed by atoms with Crippen molar-refractivity contribution < 1.29 is 14.6 Å². The highest BCUT2D eigenvalue weighted by molar-refractivity contribution is 5.46. The van der Waals surface area contributed by atoms with Crippen molar-refractivity contribution in [3.63, 3.8) is 0 Å². The molecule has 1 heterocycles. The normalized spacial score (nSPS) is 15.6. The van der Waals surface area contributed by atoms with Gasteiger partial charge in [-0.05, 0) is 23.8 Å². The van der Waals surface area contributed by atoms with Gasteiger partial charge in [-0.1, -0.05) is 42.2 Å². The summed E-state index contributed by atoms with van der Waals surface area (Å²) in [4.78, 5) is 0. The molecule has 1 atom stereocenters. The highest BCUT2D eigenvalue weighted by Gasteiger charge is 2.22. The van der Waals surface area contributed by atoms with Crippen molar-refractivity contribution in [2.45, 2.75) is 12.5 Å². The highest BCUT2D eigenvalue weighted by atomic mass is 16.5. The number of aliphatic hydroxyl groups excluding tert-OH is 1. The maximum Gasteiger partial charge on any atom is 0.137 e. The Morgan fingerprint density at radius 1 is 1.14 bits per heavy atom. The van der Waals surface area contributed by atoms with E-state index in [0.29, 0.717) is 6.61 Å². The summed E-state index contributed by atoms with van der Waals surface area (Å²) in [6, 6.07) is 15.6. The molecule has 2 aromatic carbocycles. The zero-order chi connectivity index (χ0) is 14.5. The molecule has 1 aliphatic heterocycles. The number of para-hydroxylation sites is 2. The van der Waals surface area contributed by atoms with Crippen LogP contribution in [-0.2, 0) is 6.42 Å². The van der Waals surface area contributed by atoms with E-state index in [1.54, 1.807) is 0 Å². The summed E-state index contributed by atoms with van der Waals surface area (Å²) in [5, 5.41) is 8.79. The Morgan fingerprint density at radius 2 is 1.95 bits per heavy atom. The summed E-state index contributed by atoms with van der Waals surface area (Å²) in [6.07, 6.45) is 0.891. The molecule has 1 N–H and O–H groups in total. The Morgan fingerprint density at radius 3 is 2.81 bits per heavy atom. The first kappa shape index (κ1) is 13.5. The molecule has 3 heteroatoms. The van der Waals surface area contributed by atoms with E-state index in [1.165, 1.54) is 5.56 Å². The number of benzene rings is 2. The summed E-state index contributed by atoms with van der Waals surface area (Å²) in [5.74, 6) is 7.20.